The molecule has 0 N–H and O–H groups in total. The predicted octanol–water partition coefficient (Wildman–Crippen LogP) is 2.52. The third kappa shape index (κ3) is 3.58. The molecule has 0 bridgehead atoms. The van der Waals surface area contributed by atoms with Crippen LogP contribution in [0.25, 0.3) is 0 Å². The molecule has 0 spiro atoms. The van der Waals surface area contributed by atoms with Crippen molar-refractivity contribution in [3.8, 4) is 0 Å². The zero-order valence-electron chi connectivity index (χ0n) is 10.1. The van der Waals surface area contributed by atoms with Crippen LogP contribution >= 0.6 is 0 Å². The van der Waals surface area contributed by atoms with Crippen LogP contribution in [0.2, 0.25) is 0 Å². The van der Waals surface area contributed by atoms with Crippen molar-refractivity contribution in [1.29, 1.82) is 0 Å². The topological polar surface area (TPSA) is 27.7 Å². The van der Waals surface area contributed by atoms with E-state index < -0.39 is 0 Å². The lowest BCUT2D eigenvalue weighted by atomic mass is 10.2. The van der Waals surface area contributed by atoms with E-state index in [1.165, 1.54) is 5.56 Å². The van der Waals surface area contributed by atoms with Crippen molar-refractivity contribution in [1.82, 2.24) is 0 Å². The molecule has 2 rings (SSSR count). The van der Waals surface area contributed by atoms with Crippen LogP contribution < -0.4 is 0 Å². The Morgan fingerprint density at radius 2 is 2.12 bits per heavy atom. The van der Waals surface area contributed by atoms with E-state index >= 15 is 0 Å². The summed E-state index contributed by atoms with van der Waals surface area (Å²) in [4.78, 5) is 0. The van der Waals surface area contributed by atoms with Gasteiger partial charge in [0.05, 0.1) is 20.3 Å². The molecule has 92 valence electrons. The molecule has 0 fully saturated rings. The maximum absolute atomic E-state index is 5.61. The SMILES string of the molecule is COC1=CCOC1CCOCc1ccccc1. The summed E-state index contributed by atoms with van der Waals surface area (Å²) in [6.45, 7) is 1.98. The van der Waals surface area contributed by atoms with Crippen LogP contribution in [-0.2, 0) is 20.8 Å². The number of hydrogen-bond donors (Lipinski definition) is 0. The molecule has 0 aromatic heterocycles. The molecular formula is C14H18O3. The van der Waals surface area contributed by atoms with Gasteiger partial charge in [-0.3, -0.25) is 0 Å². The monoisotopic (exact) mass is 234 g/mol. The Labute approximate surface area is 102 Å². The maximum atomic E-state index is 5.61. The number of ether oxygens (including phenoxy) is 3. The van der Waals surface area contributed by atoms with E-state index in [1.54, 1.807) is 7.11 Å². The largest absolute Gasteiger partial charge is 0.499 e. The molecule has 3 heteroatoms. The van der Waals surface area contributed by atoms with Gasteiger partial charge in [0.25, 0.3) is 0 Å². The summed E-state index contributed by atoms with van der Waals surface area (Å²) in [5, 5.41) is 0. The zero-order chi connectivity index (χ0) is 11.9. The van der Waals surface area contributed by atoms with Crippen LogP contribution in [-0.4, -0.2) is 26.4 Å². The Hall–Kier alpha value is -1.32. The van der Waals surface area contributed by atoms with Gasteiger partial charge in [-0.25, -0.2) is 0 Å². The molecule has 1 aromatic carbocycles. The van der Waals surface area contributed by atoms with Gasteiger partial charge in [0, 0.05) is 13.0 Å². The normalized spacial score (nSPS) is 19.1. The standard InChI is InChI=1S/C14H18O3/c1-15-13-8-10-17-14(13)7-9-16-11-12-5-3-2-4-6-12/h2-6,8,14H,7,9-11H2,1H3. The van der Waals surface area contributed by atoms with Gasteiger partial charge in [0.15, 0.2) is 0 Å². The quantitative estimate of drug-likeness (QED) is 0.708. The summed E-state index contributed by atoms with van der Waals surface area (Å²) in [5.74, 6) is 0.924. The second kappa shape index (κ2) is 6.42. The number of hydrogen-bond acceptors (Lipinski definition) is 3. The van der Waals surface area contributed by atoms with E-state index in [1.807, 2.05) is 24.3 Å². The molecule has 0 radical (unpaired) electrons. The molecule has 17 heavy (non-hydrogen) atoms. The first-order valence-electron chi connectivity index (χ1n) is 5.87. The van der Waals surface area contributed by atoms with Crippen LogP contribution in [0, 0.1) is 0 Å². The second-order valence-electron chi connectivity index (χ2n) is 3.96. The molecule has 0 aliphatic carbocycles. The summed E-state index contributed by atoms with van der Waals surface area (Å²) in [6, 6.07) is 10.2. The Morgan fingerprint density at radius 3 is 2.88 bits per heavy atom. The molecular weight excluding hydrogens is 216 g/mol. The molecule has 1 aliphatic rings. The van der Waals surface area contributed by atoms with Crippen LogP contribution in [0.15, 0.2) is 42.2 Å². The second-order valence-corrected chi connectivity index (χ2v) is 3.96. The van der Waals surface area contributed by atoms with Gasteiger partial charge in [0.2, 0.25) is 0 Å². The first-order chi connectivity index (χ1) is 8.40. The highest BCUT2D eigenvalue weighted by atomic mass is 16.5. The Kier molecular flexibility index (Phi) is 4.59. The third-order valence-corrected chi connectivity index (χ3v) is 2.77. The van der Waals surface area contributed by atoms with Crippen molar-refractivity contribution in [3.05, 3.63) is 47.7 Å². The van der Waals surface area contributed by atoms with Crippen molar-refractivity contribution in [2.45, 2.75) is 19.1 Å². The van der Waals surface area contributed by atoms with E-state index in [-0.39, 0.29) is 6.10 Å². The average molecular weight is 234 g/mol. The Morgan fingerprint density at radius 1 is 1.29 bits per heavy atom. The van der Waals surface area contributed by atoms with Crippen molar-refractivity contribution in [2.75, 3.05) is 20.3 Å². The predicted molar refractivity (Wildman–Crippen MR) is 65.5 cm³/mol. The first kappa shape index (κ1) is 12.1. The zero-order valence-corrected chi connectivity index (χ0v) is 10.1. The lowest BCUT2D eigenvalue weighted by Crippen LogP contribution is -2.14. The fraction of sp³-hybridized carbons (Fsp3) is 0.429. The maximum Gasteiger partial charge on any atom is 0.123 e. The van der Waals surface area contributed by atoms with E-state index in [0.717, 1.165) is 12.2 Å². The van der Waals surface area contributed by atoms with Crippen molar-refractivity contribution in [3.63, 3.8) is 0 Å². The lowest BCUT2D eigenvalue weighted by molar-refractivity contribution is 0.0406. The van der Waals surface area contributed by atoms with Crippen molar-refractivity contribution >= 4 is 0 Å². The smallest absolute Gasteiger partial charge is 0.123 e. The lowest BCUT2D eigenvalue weighted by Gasteiger charge is -2.13. The molecule has 3 nitrogen and oxygen atoms in total. The van der Waals surface area contributed by atoms with Gasteiger partial charge in [0.1, 0.15) is 11.9 Å². The average Bonchev–Trinajstić information content (AvgIpc) is 2.83. The summed E-state index contributed by atoms with van der Waals surface area (Å²) >= 11 is 0. The molecule has 1 atom stereocenters. The van der Waals surface area contributed by atoms with Gasteiger partial charge in [-0.2, -0.15) is 0 Å². The van der Waals surface area contributed by atoms with E-state index in [2.05, 4.69) is 12.1 Å². The minimum Gasteiger partial charge on any atom is -0.499 e. The van der Waals surface area contributed by atoms with Gasteiger partial charge in [-0.05, 0) is 11.6 Å². The Bertz CT molecular complexity index is 359. The summed E-state index contributed by atoms with van der Waals surface area (Å²) in [5.41, 5.74) is 1.20. The van der Waals surface area contributed by atoms with Gasteiger partial charge < -0.3 is 14.2 Å². The minimum atomic E-state index is 0.0655. The van der Waals surface area contributed by atoms with E-state index in [4.69, 9.17) is 14.2 Å². The van der Waals surface area contributed by atoms with Gasteiger partial charge >= 0.3 is 0 Å². The van der Waals surface area contributed by atoms with Gasteiger partial charge in [-0.1, -0.05) is 30.3 Å². The number of rotatable bonds is 6. The molecule has 0 saturated carbocycles. The third-order valence-electron chi connectivity index (χ3n) is 2.77. The van der Waals surface area contributed by atoms with Crippen molar-refractivity contribution in [2.24, 2.45) is 0 Å². The van der Waals surface area contributed by atoms with Crippen molar-refractivity contribution < 1.29 is 14.2 Å². The van der Waals surface area contributed by atoms with E-state index in [0.29, 0.717) is 19.8 Å². The van der Waals surface area contributed by atoms with Crippen LogP contribution in [0.3, 0.4) is 0 Å². The Balaban J connectivity index is 1.65. The highest BCUT2D eigenvalue weighted by molar-refractivity contribution is 5.13. The summed E-state index contributed by atoms with van der Waals surface area (Å²) < 4.78 is 16.3. The molecule has 1 heterocycles. The van der Waals surface area contributed by atoms with Crippen LogP contribution in [0.4, 0.5) is 0 Å². The molecule has 1 aliphatic heterocycles. The van der Waals surface area contributed by atoms with Gasteiger partial charge in [-0.15, -0.1) is 0 Å². The summed E-state index contributed by atoms with van der Waals surface area (Å²) in [7, 11) is 1.68. The highest BCUT2D eigenvalue weighted by Gasteiger charge is 2.20. The molecule has 1 aromatic rings. The first-order valence-corrected chi connectivity index (χ1v) is 5.87. The molecule has 0 saturated heterocycles. The highest BCUT2D eigenvalue weighted by Crippen LogP contribution is 2.18. The number of methoxy groups -OCH3 is 1. The molecule has 0 amide bonds. The summed E-state index contributed by atoms with van der Waals surface area (Å²) in [6.07, 6.45) is 2.88. The fourth-order valence-electron chi connectivity index (χ4n) is 1.85. The van der Waals surface area contributed by atoms with Crippen LogP contribution in [0.1, 0.15) is 12.0 Å². The minimum absolute atomic E-state index is 0.0655. The molecule has 1 unspecified atom stereocenters. The van der Waals surface area contributed by atoms with Crippen LogP contribution in [0.5, 0.6) is 0 Å². The fourth-order valence-corrected chi connectivity index (χ4v) is 1.85. The number of benzene rings is 1. The van der Waals surface area contributed by atoms with E-state index in [9.17, 15) is 0 Å².